The summed E-state index contributed by atoms with van der Waals surface area (Å²) >= 11 is 0. The van der Waals surface area contributed by atoms with Gasteiger partial charge in [0.25, 0.3) is 0 Å². The van der Waals surface area contributed by atoms with E-state index in [1.165, 1.54) is 24.3 Å². The lowest BCUT2D eigenvalue weighted by atomic mass is 9.91. The molecule has 0 amide bonds. The number of hydrogen-bond acceptors (Lipinski definition) is 4. The van der Waals surface area contributed by atoms with Crippen LogP contribution in [0.4, 0.5) is 0 Å². The van der Waals surface area contributed by atoms with Crippen LogP contribution in [0.25, 0.3) is 0 Å². The molecule has 0 aliphatic heterocycles. The van der Waals surface area contributed by atoms with Crippen molar-refractivity contribution in [2.75, 3.05) is 0 Å². The highest BCUT2D eigenvalue weighted by Gasteiger charge is 2.57. The summed E-state index contributed by atoms with van der Waals surface area (Å²) in [5.41, 5.74) is 1.78. The molecule has 4 nitrogen and oxygen atoms in total. The highest BCUT2D eigenvalue weighted by Crippen LogP contribution is 2.44. The van der Waals surface area contributed by atoms with Crippen molar-refractivity contribution in [1.29, 1.82) is 0 Å². The minimum atomic E-state index is -4.16. The molecule has 0 atom stereocenters. The van der Waals surface area contributed by atoms with Gasteiger partial charge in [0.1, 0.15) is 0 Å². The first kappa shape index (κ1) is 18.9. The van der Waals surface area contributed by atoms with E-state index in [1.807, 2.05) is 24.3 Å². The Morgan fingerprint density at radius 2 is 1.00 bits per heavy atom. The van der Waals surface area contributed by atoms with Gasteiger partial charge in [-0.3, -0.25) is 0 Å². The summed E-state index contributed by atoms with van der Waals surface area (Å²) in [6.07, 6.45) is 0.365. The average molecular weight is 413 g/mol. The van der Waals surface area contributed by atoms with Gasteiger partial charge in [0.05, 0.1) is 9.79 Å². The predicted octanol–water partition coefficient (Wildman–Crippen LogP) is 3.82. The van der Waals surface area contributed by atoms with Crippen molar-refractivity contribution in [3.63, 3.8) is 0 Å². The van der Waals surface area contributed by atoms with Crippen molar-refractivity contribution in [3.8, 4) is 0 Å². The second-order valence-electron chi connectivity index (χ2n) is 6.99. The second kappa shape index (κ2) is 6.87. The van der Waals surface area contributed by atoms with E-state index >= 15 is 0 Å². The number of sulfone groups is 2. The summed E-state index contributed by atoms with van der Waals surface area (Å²) in [6.45, 7) is 0. The molecule has 0 aromatic heterocycles. The molecule has 28 heavy (non-hydrogen) atoms. The monoisotopic (exact) mass is 412 g/mol. The minimum absolute atomic E-state index is 0.0263. The summed E-state index contributed by atoms with van der Waals surface area (Å²) in [4.78, 5) is 0.0720. The summed E-state index contributed by atoms with van der Waals surface area (Å²) < 4.78 is 53.1. The zero-order chi connectivity index (χ0) is 19.8. The molecule has 0 radical (unpaired) electrons. The Balaban J connectivity index is 1.99. The topological polar surface area (TPSA) is 68.3 Å². The first-order chi connectivity index (χ1) is 13.4. The maximum atomic E-state index is 13.8. The van der Waals surface area contributed by atoms with Crippen LogP contribution < -0.4 is 0 Å². The fourth-order valence-electron chi connectivity index (χ4n) is 3.91. The standard InChI is InChI=1S/C22H20O4S2/c23-27(24,20-11-3-1-4-12-20)22(28(25,26)21-13-5-2-6-14-21)16-15-18-9-7-8-10-19(18)17-22/h1-14H,15-17H2. The molecule has 144 valence electrons. The normalized spacial score (nSPS) is 16.3. The van der Waals surface area contributed by atoms with Gasteiger partial charge in [-0.15, -0.1) is 0 Å². The van der Waals surface area contributed by atoms with E-state index < -0.39 is 23.8 Å². The second-order valence-corrected chi connectivity index (χ2v) is 11.8. The Morgan fingerprint density at radius 1 is 0.571 bits per heavy atom. The van der Waals surface area contributed by atoms with Gasteiger partial charge in [-0.1, -0.05) is 60.7 Å². The van der Waals surface area contributed by atoms with Gasteiger partial charge in [0, 0.05) is 6.42 Å². The minimum Gasteiger partial charge on any atom is -0.222 e. The Labute approximate surface area is 165 Å². The van der Waals surface area contributed by atoms with E-state index in [9.17, 15) is 16.8 Å². The number of benzene rings is 3. The van der Waals surface area contributed by atoms with E-state index in [0.29, 0.717) is 6.42 Å². The molecule has 0 unspecified atom stereocenters. The number of fused-ring (bicyclic) bond motifs is 1. The molecule has 0 fully saturated rings. The van der Waals surface area contributed by atoms with Gasteiger partial charge in [0.15, 0.2) is 23.8 Å². The highest BCUT2D eigenvalue weighted by atomic mass is 32.3. The van der Waals surface area contributed by atoms with E-state index in [2.05, 4.69) is 0 Å². The Morgan fingerprint density at radius 3 is 1.50 bits per heavy atom. The first-order valence-corrected chi connectivity index (χ1v) is 12.0. The van der Waals surface area contributed by atoms with Crippen molar-refractivity contribution in [3.05, 3.63) is 96.1 Å². The van der Waals surface area contributed by atoms with Crippen molar-refractivity contribution < 1.29 is 16.8 Å². The van der Waals surface area contributed by atoms with Crippen LogP contribution in [-0.2, 0) is 32.5 Å². The molecule has 0 saturated heterocycles. The molecule has 4 rings (SSSR count). The Kier molecular flexibility index (Phi) is 4.63. The average Bonchev–Trinajstić information content (AvgIpc) is 2.74. The largest absolute Gasteiger partial charge is 0.222 e. The van der Waals surface area contributed by atoms with Crippen LogP contribution in [0.1, 0.15) is 17.5 Å². The predicted molar refractivity (Wildman–Crippen MR) is 108 cm³/mol. The van der Waals surface area contributed by atoms with Crippen molar-refractivity contribution in [2.24, 2.45) is 0 Å². The van der Waals surface area contributed by atoms with E-state index in [4.69, 9.17) is 0 Å². The van der Waals surface area contributed by atoms with Crippen LogP contribution in [0.15, 0.2) is 94.7 Å². The lowest BCUT2D eigenvalue weighted by molar-refractivity contribution is 0.509. The van der Waals surface area contributed by atoms with Crippen molar-refractivity contribution in [1.82, 2.24) is 0 Å². The molecule has 6 heteroatoms. The van der Waals surface area contributed by atoms with Gasteiger partial charge in [-0.25, -0.2) is 16.8 Å². The lowest BCUT2D eigenvalue weighted by Gasteiger charge is -2.37. The molecule has 1 aliphatic rings. The third-order valence-corrected chi connectivity index (χ3v) is 11.2. The van der Waals surface area contributed by atoms with E-state index in [0.717, 1.165) is 11.1 Å². The first-order valence-electron chi connectivity index (χ1n) is 9.05. The quantitative estimate of drug-likeness (QED) is 0.653. The molecular formula is C22H20O4S2. The van der Waals surface area contributed by atoms with Gasteiger partial charge in [-0.2, -0.15) is 0 Å². The molecule has 0 bridgehead atoms. The third-order valence-electron chi connectivity index (χ3n) is 5.44. The van der Waals surface area contributed by atoms with Crippen molar-refractivity contribution in [2.45, 2.75) is 33.1 Å². The van der Waals surface area contributed by atoms with Gasteiger partial charge in [-0.05, 0) is 48.2 Å². The van der Waals surface area contributed by atoms with E-state index in [1.54, 1.807) is 36.4 Å². The summed E-state index contributed by atoms with van der Waals surface area (Å²) in [6, 6.07) is 23.3. The number of rotatable bonds is 4. The molecule has 0 heterocycles. The third kappa shape index (κ3) is 2.79. The molecule has 3 aromatic rings. The van der Waals surface area contributed by atoms with Gasteiger partial charge in [0.2, 0.25) is 0 Å². The summed E-state index contributed by atoms with van der Waals surface area (Å²) in [7, 11) is -8.32. The smallest absolute Gasteiger partial charge is 0.199 e. The molecule has 3 aromatic carbocycles. The van der Waals surface area contributed by atoms with E-state index in [-0.39, 0.29) is 22.6 Å². The fourth-order valence-corrected chi connectivity index (χ4v) is 8.96. The molecule has 0 spiro atoms. The summed E-state index contributed by atoms with van der Waals surface area (Å²) in [5, 5.41) is 0. The van der Waals surface area contributed by atoms with Crippen LogP contribution in [0.2, 0.25) is 0 Å². The molecule has 0 saturated carbocycles. The lowest BCUT2D eigenvalue weighted by Crippen LogP contribution is -2.50. The van der Waals surface area contributed by atoms with Crippen molar-refractivity contribution >= 4 is 19.7 Å². The van der Waals surface area contributed by atoms with Crippen LogP contribution in [0.5, 0.6) is 0 Å². The van der Waals surface area contributed by atoms with Gasteiger partial charge < -0.3 is 0 Å². The maximum absolute atomic E-state index is 13.8. The van der Waals surface area contributed by atoms with Crippen LogP contribution in [0, 0.1) is 0 Å². The molecular weight excluding hydrogens is 392 g/mol. The zero-order valence-corrected chi connectivity index (χ0v) is 16.8. The molecule has 0 N–H and O–H groups in total. The van der Waals surface area contributed by atoms with Crippen LogP contribution in [0.3, 0.4) is 0 Å². The molecule has 1 aliphatic carbocycles. The number of hydrogen-bond donors (Lipinski definition) is 0. The van der Waals surface area contributed by atoms with Crippen LogP contribution in [-0.4, -0.2) is 20.9 Å². The van der Waals surface area contributed by atoms with Gasteiger partial charge >= 0.3 is 0 Å². The number of aryl methyl sites for hydroxylation is 1. The zero-order valence-electron chi connectivity index (χ0n) is 15.2. The fraction of sp³-hybridized carbons (Fsp3) is 0.182. The highest BCUT2D eigenvalue weighted by molar-refractivity contribution is 8.10. The summed E-state index contributed by atoms with van der Waals surface area (Å²) in [5.74, 6) is 0. The van der Waals surface area contributed by atoms with Crippen LogP contribution >= 0.6 is 0 Å². The SMILES string of the molecule is O=S(=O)(c1ccccc1)C1(S(=O)(=O)c2ccccc2)CCc2ccccc2C1. The maximum Gasteiger partial charge on any atom is 0.199 e. The Bertz CT molecular complexity index is 1130. The Hall–Kier alpha value is -2.44.